The van der Waals surface area contributed by atoms with Gasteiger partial charge in [-0.1, -0.05) is 29.8 Å². The molecule has 0 radical (unpaired) electrons. The molecule has 0 saturated carbocycles. The van der Waals surface area contributed by atoms with Crippen LogP contribution in [0.1, 0.15) is 25.5 Å². The van der Waals surface area contributed by atoms with Gasteiger partial charge in [0.05, 0.1) is 18.7 Å². The van der Waals surface area contributed by atoms with E-state index >= 15 is 0 Å². The molecule has 23 heavy (non-hydrogen) atoms. The van der Waals surface area contributed by atoms with Crippen LogP contribution in [0, 0.1) is 0 Å². The monoisotopic (exact) mass is 335 g/mol. The molecule has 0 N–H and O–H groups in total. The summed E-state index contributed by atoms with van der Waals surface area (Å²) in [5.74, 6) is -0.0531. The Morgan fingerprint density at radius 3 is 2.91 bits per heavy atom. The standard InChI is InChI=1S/C15H18ClN5O2/c1-15(2)9-23-13(11-5-3-4-6-12(11)16)7-21(15)14(22)8-20-10-17-18-19-20/h3-6,10,13H,7-9H2,1-2H3/t13-/m1/s1. The van der Waals surface area contributed by atoms with Gasteiger partial charge in [-0.15, -0.1) is 5.10 Å². The molecule has 1 amide bonds. The number of ether oxygens (including phenoxy) is 1. The first kappa shape index (κ1) is 15.9. The first-order valence-electron chi connectivity index (χ1n) is 7.34. The molecule has 1 fully saturated rings. The summed E-state index contributed by atoms with van der Waals surface area (Å²) in [5, 5.41) is 11.5. The molecule has 1 atom stereocenters. The van der Waals surface area contributed by atoms with Crippen molar-refractivity contribution in [2.75, 3.05) is 13.2 Å². The molecule has 1 aromatic carbocycles. The number of hydrogen-bond acceptors (Lipinski definition) is 5. The molecule has 8 heteroatoms. The molecule has 1 saturated heterocycles. The van der Waals surface area contributed by atoms with Gasteiger partial charge in [0.2, 0.25) is 5.91 Å². The highest BCUT2D eigenvalue weighted by atomic mass is 35.5. The molecular weight excluding hydrogens is 318 g/mol. The summed E-state index contributed by atoms with van der Waals surface area (Å²) >= 11 is 6.26. The number of carbonyl (C=O) groups excluding carboxylic acids is 1. The van der Waals surface area contributed by atoms with Crippen LogP contribution in [0.2, 0.25) is 5.02 Å². The van der Waals surface area contributed by atoms with Crippen molar-refractivity contribution in [3.05, 3.63) is 41.2 Å². The zero-order valence-corrected chi connectivity index (χ0v) is 13.8. The third-order valence-corrected chi connectivity index (χ3v) is 4.30. The molecular formula is C15H18ClN5O2. The average Bonchev–Trinajstić information content (AvgIpc) is 3.00. The van der Waals surface area contributed by atoms with E-state index in [0.29, 0.717) is 18.2 Å². The van der Waals surface area contributed by atoms with Crippen LogP contribution >= 0.6 is 11.6 Å². The van der Waals surface area contributed by atoms with Crippen molar-refractivity contribution in [2.45, 2.75) is 32.0 Å². The number of aromatic nitrogens is 4. The summed E-state index contributed by atoms with van der Waals surface area (Å²) < 4.78 is 7.37. The van der Waals surface area contributed by atoms with Gasteiger partial charge in [0.25, 0.3) is 0 Å². The quantitative estimate of drug-likeness (QED) is 0.853. The zero-order valence-electron chi connectivity index (χ0n) is 13.0. The first-order valence-corrected chi connectivity index (χ1v) is 7.72. The van der Waals surface area contributed by atoms with Crippen molar-refractivity contribution in [3.63, 3.8) is 0 Å². The zero-order chi connectivity index (χ0) is 16.4. The van der Waals surface area contributed by atoms with E-state index in [0.717, 1.165) is 5.56 Å². The van der Waals surface area contributed by atoms with Gasteiger partial charge in [-0.3, -0.25) is 4.79 Å². The Bertz CT molecular complexity index is 689. The van der Waals surface area contributed by atoms with Crippen molar-refractivity contribution in [2.24, 2.45) is 0 Å². The normalized spacial score (nSPS) is 20.5. The molecule has 1 aromatic heterocycles. The van der Waals surface area contributed by atoms with E-state index in [-0.39, 0.29) is 18.6 Å². The van der Waals surface area contributed by atoms with Crippen LogP contribution in [0.25, 0.3) is 0 Å². The van der Waals surface area contributed by atoms with Gasteiger partial charge in [0.1, 0.15) is 19.0 Å². The number of benzene rings is 1. The molecule has 3 rings (SSSR count). The number of tetrazole rings is 1. The Hall–Kier alpha value is -1.99. The van der Waals surface area contributed by atoms with Crippen molar-refractivity contribution in [3.8, 4) is 0 Å². The van der Waals surface area contributed by atoms with Gasteiger partial charge in [0.15, 0.2) is 0 Å². The second-order valence-corrected chi connectivity index (χ2v) is 6.55. The minimum Gasteiger partial charge on any atom is -0.369 e. The number of carbonyl (C=O) groups is 1. The lowest BCUT2D eigenvalue weighted by atomic mass is 9.98. The summed E-state index contributed by atoms with van der Waals surface area (Å²) in [6.45, 7) is 4.94. The third-order valence-electron chi connectivity index (χ3n) is 3.96. The van der Waals surface area contributed by atoms with Crippen molar-refractivity contribution < 1.29 is 9.53 Å². The van der Waals surface area contributed by atoms with E-state index in [9.17, 15) is 4.79 Å². The lowest BCUT2D eigenvalue weighted by Crippen LogP contribution is -2.57. The molecule has 2 heterocycles. The lowest BCUT2D eigenvalue weighted by Gasteiger charge is -2.45. The van der Waals surface area contributed by atoms with E-state index < -0.39 is 5.54 Å². The Morgan fingerprint density at radius 1 is 1.43 bits per heavy atom. The van der Waals surface area contributed by atoms with Crippen molar-refractivity contribution in [1.82, 2.24) is 25.1 Å². The van der Waals surface area contributed by atoms with Crippen LogP contribution in [0.5, 0.6) is 0 Å². The second-order valence-electron chi connectivity index (χ2n) is 6.15. The Balaban J connectivity index is 1.79. The van der Waals surface area contributed by atoms with Gasteiger partial charge >= 0.3 is 0 Å². The Morgan fingerprint density at radius 2 is 2.22 bits per heavy atom. The number of morpholine rings is 1. The number of rotatable bonds is 3. The maximum absolute atomic E-state index is 12.7. The molecule has 122 valence electrons. The fourth-order valence-corrected chi connectivity index (χ4v) is 2.95. The number of hydrogen-bond donors (Lipinski definition) is 0. The SMILES string of the molecule is CC1(C)CO[C@@H](c2ccccc2Cl)CN1C(=O)Cn1cnnn1. The predicted molar refractivity (Wildman–Crippen MR) is 83.8 cm³/mol. The summed E-state index contributed by atoms with van der Waals surface area (Å²) in [5.41, 5.74) is 0.493. The lowest BCUT2D eigenvalue weighted by molar-refractivity contribution is -0.155. The van der Waals surface area contributed by atoms with E-state index in [1.807, 2.05) is 43.0 Å². The number of amides is 1. The third kappa shape index (κ3) is 3.35. The van der Waals surface area contributed by atoms with Crippen LogP contribution in [0.3, 0.4) is 0 Å². The van der Waals surface area contributed by atoms with Gasteiger partial charge in [0, 0.05) is 10.6 Å². The van der Waals surface area contributed by atoms with Crippen LogP contribution in [-0.2, 0) is 16.1 Å². The Labute approximate surface area is 139 Å². The molecule has 1 aliphatic heterocycles. The molecule has 0 bridgehead atoms. The van der Waals surface area contributed by atoms with Gasteiger partial charge in [-0.25, -0.2) is 4.68 Å². The number of nitrogens with zero attached hydrogens (tertiary/aromatic N) is 5. The van der Waals surface area contributed by atoms with E-state index in [1.165, 1.54) is 11.0 Å². The summed E-state index contributed by atoms with van der Waals surface area (Å²) in [6, 6.07) is 7.54. The highest BCUT2D eigenvalue weighted by Gasteiger charge is 2.39. The fourth-order valence-electron chi connectivity index (χ4n) is 2.69. The van der Waals surface area contributed by atoms with Crippen LogP contribution in [0.15, 0.2) is 30.6 Å². The van der Waals surface area contributed by atoms with Crippen LogP contribution in [0.4, 0.5) is 0 Å². The van der Waals surface area contributed by atoms with Crippen molar-refractivity contribution >= 4 is 17.5 Å². The highest BCUT2D eigenvalue weighted by molar-refractivity contribution is 6.31. The van der Waals surface area contributed by atoms with Crippen LogP contribution in [-0.4, -0.2) is 49.7 Å². The molecule has 2 aromatic rings. The smallest absolute Gasteiger partial charge is 0.245 e. The summed E-state index contributed by atoms with van der Waals surface area (Å²) in [4.78, 5) is 14.5. The Kier molecular flexibility index (Phi) is 4.32. The summed E-state index contributed by atoms with van der Waals surface area (Å²) in [6.07, 6.45) is 1.19. The minimum atomic E-state index is -0.400. The van der Waals surface area contributed by atoms with Gasteiger partial charge in [-0.05, 0) is 30.3 Å². The topological polar surface area (TPSA) is 73.1 Å². The van der Waals surface area contributed by atoms with Gasteiger partial charge < -0.3 is 9.64 Å². The fraction of sp³-hybridized carbons (Fsp3) is 0.467. The second kappa shape index (κ2) is 6.25. The van der Waals surface area contributed by atoms with E-state index in [4.69, 9.17) is 16.3 Å². The molecule has 0 unspecified atom stereocenters. The largest absolute Gasteiger partial charge is 0.369 e. The highest BCUT2D eigenvalue weighted by Crippen LogP contribution is 2.33. The molecule has 0 aliphatic carbocycles. The van der Waals surface area contributed by atoms with Crippen molar-refractivity contribution in [1.29, 1.82) is 0 Å². The molecule has 0 spiro atoms. The molecule has 7 nitrogen and oxygen atoms in total. The maximum Gasteiger partial charge on any atom is 0.245 e. The minimum absolute atomic E-state index is 0.0531. The van der Waals surface area contributed by atoms with E-state index in [2.05, 4.69) is 15.5 Å². The van der Waals surface area contributed by atoms with E-state index in [1.54, 1.807) is 0 Å². The van der Waals surface area contributed by atoms with Gasteiger partial charge in [-0.2, -0.15) is 0 Å². The number of halogens is 1. The predicted octanol–water partition coefficient (Wildman–Crippen LogP) is 1.71. The molecule has 1 aliphatic rings. The van der Waals surface area contributed by atoms with Crippen LogP contribution < -0.4 is 0 Å². The first-order chi connectivity index (χ1) is 11.0. The average molecular weight is 336 g/mol. The maximum atomic E-state index is 12.7. The summed E-state index contributed by atoms with van der Waals surface area (Å²) in [7, 11) is 0.